The Kier molecular flexibility index (Phi) is 10.9. The number of carbonyl (C=O) groups is 1. The fourth-order valence-electron chi connectivity index (χ4n) is 4.77. The lowest BCUT2D eigenvalue weighted by Gasteiger charge is -2.31. The number of nitrogens with one attached hydrogen (secondary N) is 1. The van der Waals surface area contributed by atoms with E-state index in [1.54, 1.807) is 51.1 Å². The normalized spacial score (nSPS) is 23.9. The predicted molar refractivity (Wildman–Crippen MR) is 163 cm³/mol. The van der Waals surface area contributed by atoms with Crippen LogP contribution in [0.4, 0.5) is 10.2 Å². The molecule has 0 spiro atoms. The lowest BCUT2D eigenvalue weighted by Crippen LogP contribution is -2.48. The van der Waals surface area contributed by atoms with Gasteiger partial charge in [0.15, 0.2) is 29.4 Å². The van der Waals surface area contributed by atoms with Gasteiger partial charge in [0, 0.05) is 13.1 Å². The van der Waals surface area contributed by atoms with Crippen molar-refractivity contribution in [3.8, 4) is 5.75 Å². The van der Waals surface area contributed by atoms with Crippen LogP contribution >= 0.6 is 19.3 Å². The summed E-state index contributed by atoms with van der Waals surface area (Å²) in [7, 11) is -4.37. The van der Waals surface area contributed by atoms with E-state index in [2.05, 4.69) is 20.0 Å². The summed E-state index contributed by atoms with van der Waals surface area (Å²) in [6, 6.07) is 7.02. The van der Waals surface area contributed by atoms with Crippen LogP contribution in [0.5, 0.6) is 5.75 Å². The second kappa shape index (κ2) is 14.1. The van der Waals surface area contributed by atoms with Gasteiger partial charge in [-0.05, 0) is 53.7 Å². The Balaban J connectivity index is 1.63. The molecule has 16 heteroatoms. The van der Waals surface area contributed by atoms with E-state index in [0.29, 0.717) is 35.9 Å². The number of nitrogens with zero attached hydrogens (tertiary/aromatic N) is 5. The number of halogens is 2. The van der Waals surface area contributed by atoms with Gasteiger partial charge in [0.1, 0.15) is 29.3 Å². The number of ether oxygens (including phenoxy) is 2. The van der Waals surface area contributed by atoms with E-state index in [-0.39, 0.29) is 5.75 Å². The molecule has 0 amide bonds. The minimum absolute atomic E-state index is 0.172. The summed E-state index contributed by atoms with van der Waals surface area (Å²) in [5.74, 6) is 0.0736. The molecule has 1 aliphatic heterocycles. The van der Waals surface area contributed by atoms with Gasteiger partial charge in [-0.15, -0.1) is 11.6 Å². The molecule has 3 heterocycles. The number of imidazole rings is 1. The van der Waals surface area contributed by atoms with Gasteiger partial charge in [0.2, 0.25) is 0 Å². The summed E-state index contributed by atoms with van der Waals surface area (Å²) >= 11 is 6.29. The molecule has 0 radical (unpaired) electrons. The van der Waals surface area contributed by atoms with Gasteiger partial charge in [0.25, 0.3) is 0 Å². The molecule has 0 unspecified atom stereocenters. The maximum absolute atomic E-state index is 15.9. The highest BCUT2D eigenvalue weighted by atomic mass is 35.5. The molecule has 13 nitrogen and oxygen atoms in total. The number of aryl methyl sites for hydroxylation is 1. The highest BCUT2D eigenvalue weighted by Gasteiger charge is 2.57. The fourth-order valence-corrected chi connectivity index (χ4v) is 6.61. The number of aliphatic hydroxyl groups excluding tert-OH is 1. The number of hydrogen-bond acceptors (Lipinski definition) is 11. The molecular weight excluding hydrogens is 618 g/mol. The predicted octanol–water partition coefficient (Wildman–Crippen LogP) is 4.32. The van der Waals surface area contributed by atoms with Crippen LogP contribution in [0.1, 0.15) is 46.7 Å². The Morgan fingerprint density at radius 1 is 1.25 bits per heavy atom. The van der Waals surface area contributed by atoms with Crippen molar-refractivity contribution in [1.29, 1.82) is 0 Å². The fraction of sp³-hybridized carbons (Fsp3) is 0.571. The smallest absolute Gasteiger partial charge is 0.459 e. The third-order valence-corrected chi connectivity index (χ3v) is 9.13. The first-order valence-corrected chi connectivity index (χ1v) is 16.4. The van der Waals surface area contributed by atoms with E-state index >= 15 is 4.39 Å². The Labute approximate surface area is 260 Å². The molecule has 6 atom stereocenters. The van der Waals surface area contributed by atoms with Crippen molar-refractivity contribution in [3.05, 3.63) is 42.5 Å². The van der Waals surface area contributed by atoms with Crippen LogP contribution in [0.3, 0.4) is 0 Å². The standard InChI is InChI=1S/C28H39ClFN6O7P/c1-7-35(8-2)24-22-25(33-19(6)32-24)36(16-31-22)26-21(30)23(37)28(14-29,42-26)15-40-44(39,43-20-12-10-9-11-13-20)34-18(5)27(38)41-17(3)4/h9-13,16-18,21,23,26,37H,7-8,14-15H2,1-6H3,(H,34,39)/t18-,21-,23-,26+,28+,44+/m0/s1. The largest absolute Gasteiger partial charge is 0.462 e. The molecule has 0 saturated carbocycles. The van der Waals surface area contributed by atoms with Crippen molar-refractivity contribution in [3.63, 3.8) is 0 Å². The number of anilines is 1. The molecule has 0 aliphatic carbocycles. The third kappa shape index (κ3) is 7.16. The molecular formula is C28H39ClFN6O7P. The number of carbonyl (C=O) groups excluding carboxylic acids is 1. The van der Waals surface area contributed by atoms with Crippen LogP contribution in [-0.2, 0) is 23.4 Å². The van der Waals surface area contributed by atoms with Crippen molar-refractivity contribution < 1.29 is 37.4 Å². The summed E-state index contributed by atoms with van der Waals surface area (Å²) < 4.78 is 53.9. The Hall–Kier alpha value is -2.87. The van der Waals surface area contributed by atoms with E-state index in [1.165, 1.54) is 17.8 Å². The third-order valence-electron chi connectivity index (χ3n) is 7.05. The van der Waals surface area contributed by atoms with Crippen LogP contribution in [0, 0.1) is 6.92 Å². The maximum atomic E-state index is 15.9. The van der Waals surface area contributed by atoms with Gasteiger partial charge in [-0.3, -0.25) is 13.9 Å². The lowest BCUT2D eigenvalue weighted by atomic mass is 9.99. The van der Waals surface area contributed by atoms with Gasteiger partial charge < -0.3 is 24.0 Å². The van der Waals surface area contributed by atoms with E-state index in [1.807, 2.05) is 18.7 Å². The molecule has 1 aliphatic rings. The van der Waals surface area contributed by atoms with Crippen molar-refractivity contribution in [1.82, 2.24) is 24.6 Å². The second-order valence-corrected chi connectivity index (χ2v) is 12.7. The first-order valence-electron chi connectivity index (χ1n) is 14.4. The maximum Gasteiger partial charge on any atom is 0.459 e. The van der Waals surface area contributed by atoms with Gasteiger partial charge in [0.05, 0.1) is 24.9 Å². The average molecular weight is 657 g/mol. The minimum atomic E-state index is -4.37. The number of hydrogen-bond donors (Lipinski definition) is 2. The first-order chi connectivity index (χ1) is 20.9. The van der Waals surface area contributed by atoms with Gasteiger partial charge >= 0.3 is 13.7 Å². The zero-order valence-electron chi connectivity index (χ0n) is 25.5. The number of aliphatic hydroxyl groups is 1. The summed E-state index contributed by atoms with van der Waals surface area (Å²) in [5.41, 5.74) is -1.12. The topological polar surface area (TPSA) is 150 Å². The summed E-state index contributed by atoms with van der Waals surface area (Å²) in [6.45, 7) is 11.1. The van der Waals surface area contributed by atoms with E-state index < -0.39 is 62.5 Å². The number of alkyl halides is 2. The number of rotatable bonds is 14. The van der Waals surface area contributed by atoms with Crippen molar-refractivity contribution in [2.45, 2.75) is 77.8 Å². The molecule has 2 aromatic heterocycles. The zero-order valence-corrected chi connectivity index (χ0v) is 27.2. The van der Waals surface area contributed by atoms with Crippen molar-refractivity contribution in [2.24, 2.45) is 0 Å². The number of benzene rings is 1. The number of esters is 1. The quantitative estimate of drug-likeness (QED) is 0.145. The molecule has 44 heavy (non-hydrogen) atoms. The number of para-hydroxylation sites is 1. The highest BCUT2D eigenvalue weighted by Crippen LogP contribution is 2.49. The molecule has 3 aromatic rings. The van der Waals surface area contributed by atoms with Crippen LogP contribution in [-0.4, -0.2) is 86.2 Å². The highest BCUT2D eigenvalue weighted by molar-refractivity contribution is 7.52. The Morgan fingerprint density at radius 2 is 1.93 bits per heavy atom. The summed E-state index contributed by atoms with van der Waals surface area (Å²) in [6.07, 6.45) is -4.25. The summed E-state index contributed by atoms with van der Waals surface area (Å²) in [4.78, 5) is 27.9. The van der Waals surface area contributed by atoms with Gasteiger partial charge in [-0.2, -0.15) is 5.09 Å². The Bertz CT molecular complexity index is 1480. The van der Waals surface area contributed by atoms with Crippen LogP contribution in [0.15, 0.2) is 36.7 Å². The van der Waals surface area contributed by atoms with Crippen LogP contribution in [0.2, 0.25) is 0 Å². The van der Waals surface area contributed by atoms with Gasteiger partial charge in [-0.1, -0.05) is 18.2 Å². The minimum Gasteiger partial charge on any atom is -0.462 e. The number of fused-ring (bicyclic) bond motifs is 1. The average Bonchev–Trinajstić information content (AvgIpc) is 3.51. The molecule has 2 N–H and O–H groups in total. The lowest BCUT2D eigenvalue weighted by molar-refractivity contribution is -0.149. The van der Waals surface area contributed by atoms with E-state index in [4.69, 9.17) is 30.1 Å². The Morgan fingerprint density at radius 3 is 2.55 bits per heavy atom. The first kappa shape index (κ1) is 34.0. The zero-order chi connectivity index (χ0) is 32.2. The molecule has 242 valence electrons. The second-order valence-electron chi connectivity index (χ2n) is 10.7. The SMILES string of the molecule is CCN(CC)c1nc(C)nc2c1ncn2[C@@H]1O[C@](CCl)(CO[P@](=O)(N[C@@H](C)C(=O)OC(C)C)Oc2ccccc2)[C@@H](O)[C@@H]1F. The van der Waals surface area contributed by atoms with Crippen LogP contribution in [0.25, 0.3) is 11.2 Å². The van der Waals surface area contributed by atoms with E-state index in [0.717, 1.165) is 0 Å². The molecule has 4 rings (SSSR count). The van der Waals surface area contributed by atoms with E-state index in [9.17, 15) is 14.5 Å². The molecule has 0 bridgehead atoms. The van der Waals surface area contributed by atoms with Crippen molar-refractivity contribution >= 4 is 42.3 Å². The number of aromatic nitrogens is 4. The molecule has 1 fully saturated rings. The van der Waals surface area contributed by atoms with Gasteiger partial charge in [-0.25, -0.2) is 23.9 Å². The molecule has 1 aromatic carbocycles. The van der Waals surface area contributed by atoms with Crippen molar-refractivity contribution in [2.75, 3.05) is 30.5 Å². The molecule has 1 saturated heterocycles. The van der Waals surface area contributed by atoms with Crippen LogP contribution < -0.4 is 14.5 Å². The monoisotopic (exact) mass is 656 g/mol. The summed E-state index contributed by atoms with van der Waals surface area (Å²) in [5, 5.41) is 13.7.